The van der Waals surface area contributed by atoms with Crippen molar-refractivity contribution in [1.29, 1.82) is 0 Å². The molecule has 3 rings (SSSR count). The lowest BCUT2D eigenvalue weighted by Crippen LogP contribution is -2.59. The Morgan fingerprint density at radius 3 is 2.71 bits per heavy atom. The van der Waals surface area contributed by atoms with Crippen LogP contribution in [0.15, 0.2) is 11.5 Å². The molecular weight excluding hydrogens is 338 g/mol. The Balaban J connectivity index is 1.90. The van der Waals surface area contributed by atoms with Crippen molar-refractivity contribution in [3.63, 3.8) is 0 Å². The van der Waals surface area contributed by atoms with Crippen LogP contribution in [0.4, 0.5) is 0 Å². The highest BCUT2D eigenvalue weighted by atomic mass is 32.2. The number of hydrogen-bond donors (Lipinski definition) is 5. The van der Waals surface area contributed by atoms with Crippen molar-refractivity contribution in [1.82, 2.24) is 20.5 Å². The standard InChI is InChI=1S/C13H17N5O5S/c1-4(14)9(19)17-13(11(22)23)2-5(24-12-15-3-16-18-12)6-7(8(6)13)10(20)21/h3-8H,2,14H2,1H3,(H,17,19)(H,20,21)(H,22,23)(H,15,16,18)/t4?,5?,6-,7?,8-,13-/m0/s1. The number of carboxylic acids is 2. The van der Waals surface area contributed by atoms with Crippen LogP contribution in [0.3, 0.4) is 0 Å². The van der Waals surface area contributed by atoms with Crippen molar-refractivity contribution in [3.05, 3.63) is 6.33 Å². The normalized spacial score (nSPS) is 35.1. The van der Waals surface area contributed by atoms with Gasteiger partial charge in [-0.2, -0.15) is 5.10 Å². The fourth-order valence-corrected chi connectivity index (χ4v) is 4.95. The molecule has 0 radical (unpaired) electrons. The first-order valence-electron chi connectivity index (χ1n) is 7.33. The van der Waals surface area contributed by atoms with E-state index in [0.717, 1.165) is 0 Å². The number of thioether (sulfide) groups is 1. The molecule has 6 N–H and O–H groups in total. The number of hydrogen-bond acceptors (Lipinski definition) is 7. The Hall–Kier alpha value is -2.14. The predicted octanol–water partition coefficient (Wildman–Crippen LogP) is -1.10. The molecule has 3 unspecified atom stereocenters. The number of aromatic nitrogens is 3. The summed E-state index contributed by atoms with van der Waals surface area (Å²) >= 11 is 1.25. The van der Waals surface area contributed by atoms with Gasteiger partial charge in [0, 0.05) is 11.2 Å². The fourth-order valence-electron chi connectivity index (χ4n) is 3.61. The number of fused-ring (bicyclic) bond motifs is 1. The molecule has 1 heterocycles. The van der Waals surface area contributed by atoms with Crippen LogP contribution in [-0.4, -0.2) is 60.1 Å². The number of aromatic amines is 1. The molecule has 1 amide bonds. The minimum absolute atomic E-state index is 0.102. The van der Waals surface area contributed by atoms with E-state index in [1.165, 1.54) is 25.0 Å². The van der Waals surface area contributed by atoms with Crippen molar-refractivity contribution in [3.8, 4) is 0 Å². The minimum Gasteiger partial charge on any atom is -0.481 e. The largest absolute Gasteiger partial charge is 0.481 e. The van der Waals surface area contributed by atoms with Gasteiger partial charge in [0.2, 0.25) is 5.91 Å². The molecule has 0 spiro atoms. The van der Waals surface area contributed by atoms with Gasteiger partial charge >= 0.3 is 11.9 Å². The van der Waals surface area contributed by atoms with E-state index in [1.807, 2.05) is 0 Å². The van der Waals surface area contributed by atoms with Gasteiger partial charge in [0.1, 0.15) is 11.9 Å². The third-order valence-corrected chi connectivity index (χ3v) is 5.88. The molecule has 2 aliphatic carbocycles. The van der Waals surface area contributed by atoms with E-state index in [9.17, 15) is 24.6 Å². The summed E-state index contributed by atoms with van der Waals surface area (Å²) < 4.78 is 0. The Labute approximate surface area is 140 Å². The van der Waals surface area contributed by atoms with Gasteiger partial charge in [-0.25, -0.2) is 9.78 Å². The average Bonchev–Trinajstić information content (AvgIpc) is 2.90. The van der Waals surface area contributed by atoms with Crippen LogP contribution in [0, 0.1) is 17.8 Å². The summed E-state index contributed by atoms with van der Waals surface area (Å²) in [7, 11) is 0. The molecule has 0 aromatic carbocycles. The zero-order valence-corrected chi connectivity index (χ0v) is 13.5. The Bertz CT molecular complexity index is 680. The number of H-pyrrole nitrogens is 1. The summed E-state index contributed by atoms with van der Waals surface area (Å²) in [5, 5.41) is 28.2. The van der Waals surface area contributed by atoms with E-state index in [4.69, 9.17) is 5.73 Å². The molecule has 6 atom stereocenters. The van der Waals surface area contributed by atoms with Crippen LogP contribution < -0.4 is 11.1 Å². The molecule has 0 bridgehead atoms. The van der Waals surface area contributed by atoms with Crippen LogP contribution in [0.5, 0.6) is 0 Å². The lowest BCUT2D eigenvalue weighted by molar-refractivity contribution is -0.149. The number of amides is 1. The lowest BCUT2D eigenvalue weighted by Gasteiger charge is -2.30. The van der Waals surface area contributed by atoms with E-state index < -0.39 is 41.3 Å². The molecule has 10 nitrogen and oxygen atoms in total. The highest BCUT2D eigenvalue weighted by Crippen LogP contribution is 2.65. The number of carboxylic acid groups (broad SMARTS) is 2. The van der Waals surface area contributed by atoms with Gasteiger partial charge < -0.3 is 21.3 Å². The second-order valence-electron chi connectivity index (χ2n) is 6.17. The third-order valence-electron chi connectivity index (χ3n) is 4.68. The van der Waals surface area contributed by atoms with E-state index in [0.29, 0.717) is 5.16 Å². The Morgan fingerprint density at radius 1 is 1.50 bits per heavy atom. The first-order valence-corrected chi connectivity index (χ1v) is 8.21. The van der Waals surface area contributed by atoms with Gasteiger partial charge in [-0.15, -0.1) is 0 Å². The highest BCUT2D eigenvalue weighted by Gasteiger charge is 2.75. The molecule has 2 aliphatic rings. The molecule has 2 saturated carbocycles. The Kier molecular flexibility index (Phi) is 4.00. The van der Waals surface area contributed by atoms with E-state index in [-0.39, 0.29) is 17.6 Å². The minimum atomic E-state index is -1.63. The average molecular weight is 355 g/mol. The summed E-state index contributed by atoms with van der Waals surface area (Å²) in [5.41, 5.74) is 3.89. The smallest absolute Gasteiger partial charge is 0.329 e. The second-order valence-corrected chi connectivity index (χ2v) is 7.40. The first kappa shape index (κ1) is 16.7. The predicted molar refractivity (Wildman–Crippen MR) is 80.9 cm³/mol. The number of aliphatic carboxylic acids is 2. The molecule has 11 heteroatoms. The maximum atomic E-state index is 12.0. The summed E-state index contributed by atoms with van der Waals surface area (Å²) in [6.45, 7) is 1.44. The first-order chi connectivity index (χ1) is 11.3. The van der Waals surface area contributed by atoms with Crippen molar-refractivity contribution in [2.45, 2.75) is 35.3 Å². The van der Waals surface area contributed by atoms with Crippen molar-refractivity contribution >= 4 is 29.6 Å². The lowest BCUT2D eigenvalue weighted by atomic mass is 9.89. The monoisotopic (exact) mass is 355 g/mol. The molecule has 0 saturated heterocycles. The number of nitrogens with two attached hydrogens (primary N) is 1. The summed E-state index contributed by atoms with van der Waals surface area (Å²) in [5.74, 6) is -4.76. The Morgan fingerprint density at radius 2 is 2.21 bits per heavy atom. The third kappa shape index (κ3) is 2.53. The van der Waals surface area contributed by atoms with Gasteiger partial charge in [-0.05, 0) is 19.3 Å². The van der Waals surface area contributed by atoms with Crippen LogP contribution in [0.25, 0.3) is 0 Å². The van der Waals surface area contributed by atoms with Crippen LogP contribution in [0.2, 0.25) is 0 Å². The number of nitrogens with zero attached hydrogens (tertiary/aromatic N) is 2. The molecule has 1 aromatic rings. The molecule has 2 fully saturated rings. The van der Waals surface area contributed by atoms with Gasteiger partial charge in [0.25, 0.3) is 0 Å². The zero-order chi connectivity index (χ0) is 17.6. The SMILES string of the molecule is CC(N)C(=O)N[C@@]1(C(=O)O)CC(Sc2ncn[nH]2)[C@H]2C(C(=O)O)[C@H]21. The number of carbonyl (C=O) groups excluding carboxylic acids is 1. The van der Waals surface area contributed by atoms with Crippen molar-refractivity contribution in [2.75, 3.05) is 0 Å². The van der Waals surface area contributed by atoms with Gasteiger partial charge in [-0.1, -0.05) is 11.8 Å². The zero-order valence-electron chi connectivity index (χ0n) is 12.7. The van der Waals surface area contributed by atoms with Crippen LogP contribution >= 0.6 is 11.8 Å². The summed E-state index contributed by atoms with van der Waals surface area (Å²) in [4.78, 5) is 39.4. The van der Waals surface area contributed by atoms with Crippen molar-refractivity contribution in [2.24, 2.45) is 23.5 Å². The van der Waals surface area contributed by atoms with Gasteiger partial charge in [0.15, 0.2) is 5.16 Å². The van der Waals surface area contributed by atoms with Crippen molar-refractivity contribution < 1.29 is 24.6 Å². The fraction of sp³-hybridized carbons (Fsp3) is 0.615. The molecular formula is C13H17N5O5S. The topological polar surface area (TPSA) is 171 Å². The summed E-state index contributed by atoms with van der Waals surface area (Å²) in [6, 6.07) is -0.886. The maximum absolute atomic E-state index is 12.0. The van der Waals surface area contributed by atoms with Gasteiger partial charge in [-0.3, -0.25) is 14.7 Å². The van der Waals surface area contributed by atoms with E-state index >= 15 is 0 Å². The maximum Gasteiger partial charge on any atom is 0.329 e. The molecule has 0 aliphatic heterocycles. The second kappa shape index (κ2) is 5.74. The van der Waals surface area contributed by atoms with Gasteiger partial charge in [0.05, 0.1) is 12.0 Å². The quantitative estimate of drug-likeness (QED) is 0.425. The van der Waals surface area contributed by atoms with E-state index in [1.54, 1.807) is 0 Å². The van der Waals surface area contributed by atoms with Crippen LogP contribution in [0.1, 0.15) is 13.3 Å². The molecule has 1 aromatic heterocycles. The highest BCUT2D eigenvalue weighted by molar-refractivity contribution is 7.99. The van der Waals surface area contributed by atoms with E-state index in [2.05, 4.69) is 20.5 Å². The number of carbonyl (C=O) groups is 3. The number of nitrogens with one attached hydrogen (secondary N) is 2. The summed E-state index contributed by atoms with van der Waals surface area (Å²) in [6.07, 6.45) is 1.42. The number of rotatable bonds is 6. The molecule has 130 valence electrons. The van der Waals surface area contributed by atoms with Crippen LogP contribution in [-0.2, 0) is 14.4 Å². The molecule has 24 heavy (non-hydrogen) atoms.